The van der Waals surface area contributed by atoms with Crippen LogP contribution in [0.2, 0.25) is 0 Å². The highest BCUT2D eigenvalue weighted by Crippen LogP contribution is 2.35. The van der Waals surface area contributed by atoms with Gasteiger partial charge in [0.15, 0.2) is 0 Å². The molecule has 0 spiro atoms. The molecule has 1 fully saturated rings. The topological polar surface area (TPSA) is 122 Å². The number of benzene rings is 1. The summed E-state index contributed by atoms with van der Waals surface area (Å²) in [4.78, 5) is 43.4. The molecule has 4 aromatic rings. The number of nitrogens with one attached hydrogen (secondary N) is 1. The molecule has 1 atom stereocenters. The molecule has 1 aromatic carbocycles. The van der Waals surface area contributed by atoms with Gasteiger partial charge in [-0.15, -0.1) is 4.80 Å². The molecule has 41 heavy (non-hydrogen) atoms. The fraction of sp³-hybridized carbons (Fsp3) is 0.464. The maximum absolute atomic E-state index is 14.5. The summed E-state index contributed by atoms with van der Waals surface area (Å²) in [5.41, 5.74) is -1.80. The molecule has 218 valence electrons. The largest absolute Gasteiger partial charge is 0.496 e. The Morgan fingerprint density at radius 1 is 1.22 bits per heavy atom. The lowest BCUT2D eigenvalue weighted by atomic mass is 10.0. The SMILES string of the molecule is COc1ccc(F)cc1[C@H](Cn1c(=O)n(C(C)(C)C(=O)NC2CC2)c(=O)c2c(C)c(-n3nccn3)sc21)OC(C)C. The molecule has 11 nitrogen and oxygen atoms in total. The number of carbonyl (C=O) groups is 1. The van der Waals surface area contributed by atoms with Crippen molar-refractivity contribution >= 4 is 27.5 Å². The minimum Gasteiger partial charge on any atom is -0.496 e. The zero-order valence-corrected chi connectivity index (χ0v) is 24.6. The first-order valence-electron chi connectivity index (χ1n) is 13.4. The predicted octanol–water partition coefficient (Wildman–Crippen LogP) is 3.44. The number of carbonyl (C=O) groups excluding carboxylic acids is 1. The smallest absolute Gasteiger partial charge is 0.333 e. The summed E-state index contributed by atoms with van der Waals surface area (Å²) in [6, 6.07) is 4.14. The molecule has 1 saturated carbocycles. The fourth-order valence-corrected chi connectivity index (χ4v) is 6.08. The first-order chi connectivity index (χ1) is 19.4. The average molecular weight is 585 g/mol. The highest BCUT2D eigenvalue weighted by Gasteiger charge is 2.38. The van der Waals surface area contributed by atoms with Crippen LogP contribution < -0.4 is 21.3 Å². The van der Waals surface area contributed by atoms with Gasteiger partial charge in [-0.2, -0.15) is 10.2 Å². The summed E-state index contributed by atoms with van der Waals surface area (Å²) in [5.74, 6) is -0.520. The van der Waals surface area contributed by atoms with E-state index >= 15 is 0 Å². The number of thiophene rings is 1. The second-order valence-corrected chi connectivity index (χ2v) is 11.9. The van der Waals surface area contributed by atoms with Crippen LogP contribution in [0.3, 0.4) is 0 Å². The van der Waals surface area contributed by atoms with Crippen molar-refractivity contribution in [3.8, 4) is 10.8 Å². The highest BCUT2D eigenvalue weighted by atomic mass is 32.1. The number of fused-ring (bicyclic) bond motifs is 1. The molecule has 0 unspecified atom stereocenters. The first kappa shape index (κ1) is 28.7. The van der Waals surface area contributed by atoms with E-state index in [-0.39, 0.29) is 24.1 Å². The molecule has 0 saturated heterocycles. The summed E-state index contributed by atoms with van der Waals surface area (Å²) in [7, 11) is 1.47. The summed E-state index contributed by atoms with van der Waals surface area (Å²) in [5, 5.41) is 12.2. The molecule has 0 radical (unpaired) electrons. The minimum absolute atomic E-state index is 0.0353. The third-order valence-corrected chi connectivity index (χ3v) is 8.42. The summed E-state index contributed by atoms with van der Waals surface area (Å²) in [6.45, 7) is 8.45. The van der Waals surface area contributed by atoms with Gasteiger partial charge in [0.05, 0.1) is 37.5 Å². The third kappa shape index (κ3) is 5.31. The van der Waals surface area contributed by atoms with E-state index in [1.54, 1.807) is 20.8 Å². The maximum atomic E-state index is 14.5. The van der Waals surface area contributed by atoms with Crippen molar-refractivity contribution < 1.29 is 18.7 Å². The standard InChI is InChI=1S/C28H33FN6O5S/c1-15(2)40-21(19-13-17(29)7-10-20(19)39-6)14-33-25-22(16(3)24(41-25)35-30-11-12-31-35)23(36)34(27(33)38)28(4,5)26(37)32-18-8-9-18/h7,10-13,15,18,21H,8-9,14H2,1-6H3,(H,32,37)/t21-/m0/s1. The Labute approximate surface area is 239 Å². The maximum Gasteiger partial charge on any atom is 0.333 e. The van der Waals surface area contributed by atoms with Gasteiger partial charge in [0.1, 0.15) is 33.0 Å². The first-order valence-corrected chi connectivity index (χ1v) is 14.2. The van der Waals surface area contributed by atoms with E-state index in [0.29, 0.717) is 26.7 Å². The number of aromatic nitrogens is 5. The zero-order valence-electron chi connectivity index (χ0n) is 23.8. The Morgan fingerprint density at radius 3 is 2.51 bits per heavy atom. The second-order valence-electron chi connectivity index (χ2n) is 10.9. The van der Waals surface area contributed by atoms with Gasteiger partial charge in [0.2, 0.25) is 5.91 Å². The molecule has 0 aliphatic heterocycles. The Hall–Kier alpha value is -3.84. The van der Waals surface area contributed by atoms with Gasteiger partial charge in [-0.3, -0.25) is 14.2 Å². The number of hydrogen-bond donors (Lipinski definition) is 1. The Kier molecular flexibility index (Phi) is 7.60. The Morgan fingerprint density at radius 2 is 1.90 bits per heavy atom. The molecule has 1 amide bonds. The number of methoxy groups -OCH3 is 1. The quantitative estimate of drug-likeness (QED) is 0.303. The van der Waals surface area contributed by atoms with E-state index in [2.05, 4.69) is 15.5 Å². The van der Waals surface area contributed by atoms with Gasteiger partial charge in [0, 0.05) is 17.2 Å². The van der Waals surface area contributed by atoms with Crippen LogP contribution in [0.4, 0.5) is 4.39 Å². The second kappa shape index (κ2) is 10.9. The van der Waals surface area contributed by atoms with Crippen molar-refractivity contribution in [2.24, 2.45) is 0 Å². The Bertz CT molecular complexity index is 1720. The number of amides is 1. The number of rotatable bonds is 10. The lowest BCUT2D eigenvalue weighted by molar-refractivity contribution is -0.128. The van der Waals surface area contributed by atoms with Crippen LogP contribution in [0, 0.1) is 12.7 Å². The summed E-state index contributed by atoms with van der Waals surface area (Å²) < 4.78 is 28.6. The van der Waals surface area contributed by atoms with Crippen molar-refractivity contribution in [1.29, 1.82) is 0 Å². The molecular weight excluding hydrogens is 551 g/mol. The van der Waals surface area contributed by atoms with Crippen molar-refractivity contribution in [3.05, 3.63) is 68.4 Å². The number of nitrogens with zero attached hydrogens (tertiary/aromatic N) is 5. The number of hydrogen-bond acceptors (Lipinski definition) is 8. The van der Waals surface area contributed by atoms with Gasteiger partial charge in [-0.1, -0.05) is 11.3 Å². The van der Waals surface area contributed by atoms with Crippen LogP contribution in [0.1, 0.15) is 57.8 Å². The lowest BCUT2D eigenvalue weighted by Gasteiger charge is -2.28. The van der Waals surface area contributed by atoms with Gasteiger partial charge < -0.3 is 14.8 Å². The monoisotopic (exact) mass is 584 g/mol. The van der Waals surface area contributed by atoms with Gasteiger partial charge in [-0.25, -0.2) is 13.8 Å². The van der Waals surface area contributed by atoms with Crippen LogP contribution in [0.5, 0.6) is 5.75 Å². The summed E-state index contributed by atoms with van der Waals surface area (Å²) >= 11 is 1.18. The zero-order chi connectivity index (χ0) is 29.6. The van der Waals surface area contributed by atoms with Crippen LogP contribution in [-0.4, -0.2) is 49.3 Å². The average Bonchev–Trinajstić information content (AvgIpc) is 3.42. The fourth-order valence-electron chi connectivity index (χ4n) is 4.86. The molecule has 1 aliphatic carbocycles. The van der Waals surface area contributed by atoms with E-state index in [9.17, 15) is 18.8 Å². The lowest BCUT2D eigenvalue weighted by Crippen LogP contribution is -2.56. The minimum atomic E-state index is -1.50. The van der Waals surface area contributed by atoms with Crippen LogP contribution in [0.15, 0.2) is 40.2 Å². The molecule has 1 N–H and O–H groups in total. The van der Waals surface area contributed by atoms with E-state index in [0.717, 1.165) is 17.4 Å². The molecule has 13 heteroatoms. The van der Waals surface area contributed by atoms with Gasteiger partial charge in [-0.05, 0) is 65.7 Å². The van der Waals surface area contributed by atoms with Gasteiger partial charge >= 0.3 is 5.69 Å². The normalized spacial score (nSPS) is 14.5. The van der Waals surface area contributed by atoms with Crippen molar-refractivity contribution in [1.82, 2.24) is 29.4 Å². The van der Waals surface area contributed by atoms with Crippen molar-refractivity contribution in [2.45, 2.75) is 77.8 Å². The van der Waals surface area contributed by atoms with Crippen LogP contribution in [-0.2, 0) is 21.6 Å². The number of aryl methyl sites for hydroxylation is 1. The third-order valence-electron chi connectivity index (χ3n) is 7.14. The van der Waals surface area contributed by atoms with E-state index < -0.39 is 34.6 Å². The molecule has 0 bridgehead atoms. The van der Waals surface area contributed by atoms with Crippen molar-refractivity contribution in [2.75, 3.05) is 7.11 Å². The molecule has 3 aromatic heterocycles. The van der Waals surface area contributed by atoms with Crippen molar-refractivity contribution in [3.63, 3.8) is 0 Å². The van der Waals surface area contributed by atoms with E-state index in [4.69, 9.17) is 9.47 Å². The number of ether oxygens (including phenoxy) is 2. The number of halogens is 1. The molecule has 1 aliphatic rings. The summed E-state index contributed by atoms with van der Waals surface area (Å²) in [6.07, 6.45) is 3.62. The van der Waals surface area contributed by atoms with E-state index in [1.807, 2.05) is 13.8 Å². The van der Waals surface area contributed by atoms with Crippen LogP contribution >= 0.6 is 11.3 Å². The van der Waals surface area contributed by atoms with E-state index in [1.165, 1.54) is 58.4 Å². The predicted molar refractivity (Wildman–Crippen MR) is 152 cm³/mol. The molecule has 5 rings (SSSR count). The Balaban J connectivity index is 1.77. The van der Waals surface area contributed by atoms with Gasteiger partial charge in [0.25, 0.3) is 5.56 Å². The molecular formula is C28H33FN6O5S. The van der Waals surface area contributed by atoms with Crippen LogP contribution in [0.25, 0.3) is 15.2 Å². The highest BCUT2D eigenvalue weighted by molar-refractivity contribution is 7.21. The molecule has 3 heterocycles.